The van der Waals surface area contributed by atoms with Gasteiger partial charge in [-0.1, -0.05) is 50.2 Å². The molecule has 3 rings (SSSR count). The number of hydrogen-bond donors (Lipinski definition) is 0. The predicted molar refractivity (Wildman–Crippen MR) is 71.5 cm³/mol. The first-order valence-corrected chi connectivity index (χ1v) is 5.86. The fourth-order valence-electron chi connectivity index (χ4n) is 2.70. The van der Waals surface area contributed by atoms with Crippen molar-refractivity contribution in [1.29, 1.82) is 0 Å². The van der Waals surface area contributed by atoms with Gasteiger partial charge in [0.15, 0.2) is 0 Å². The summed E-state index contributed by atoms with van der Waals surface area (Å²) in [7, 11) is 6.21. The van der Waals surface area contributed by atoms with Crippen molar-refractivity contribution in [2.24, 2.45) is 0 Å². The topological polar surface area (TPSA) is 3.24 Å². The van der Waals surface area contributed by atoms with Crippen LogP contribution in [0.2, 0.25) is 0 Å². The van der Waals surface area contributed by atoms with Gasteiger partial charge in [0.05, 0.1) is 7.05 Å². The molecule has 0 aromatic heterocycles. The minimum Gasteiger partial charge on any atom is -0.333 e. The van der Waals surface area contributed by atoms with Crippen molar-refractivity contribution >= 4 is 11.4 Å². The Hall–Kier alpha value is -1.76. The van der Waals surface area contributed by atoms with E-state index in [0.29, 0.717) is 0 Å². The third-order valence-electron chi connectivity index (χ3n) is 3.67. The fourth-order valence-corrected chi connectivity index (χ4v) is 2.70. The molecule has 0 bridgehead atoms. The molecule has 0 amide bonds. The van der Waals surface area contributed by atoms with Crippen LogP contribution in [-0.4, -0.2) is 0 Å². The molecular formula is C16H15N. The molecule has 0 saturated carbocycles. The Morgan fingerprint density at radius 2 is 1.24 bits per heavy atom. The zero-order valence-electron chi connectivity index (χ0n) is 10.1. The maximum atomic E-state index is 6.21. The molecule has 1 aliphatic rings. The van der Waals surface area contributed by atoms with Crippen molar-refractivity contribution in [3.05, 3.63) is 66.7 Å². The van der Waals surface area contributed by atoms with Crippen LogP contribution in [-0.2, 0) is 5.41 Å². The van der Waals surface area contributed by atoms with Gasteiger partial charge in [-0.25, -0.2) is 0 Å². The minimum absolute atomic E-state index is 0.00303. The SMILES string of the molecule is [CH]N1c2ccccc2C(C)(C)c2ccccc21. The van der Waals surface area contributed by atoms with Crippen molar-refractivity contribution in [3.8, 4) is 0 Å². The summed E-state index contributed by atoms with van der Waals surface area (Å²) in [6, 6.07) is 16.7. The second-order valence-corrected chi connectivity index (χ2v) is 5.03. The van der Waals surface area contributed by atoms with Gasteiger partial charge in [0, 0.05) is 16.8 Å². The molecule has 1 heterocycles. The lowest BCUT2D eigenvalue weighted by Crippen LogP contribution is -2.29. The van der Waals surface area contributed by atoms with Gasteiger partial charge in [0.1, 0.15) is 0 Å². The van der Waals surface area contributed by atoms with E-state index in [1.807, 2.05) is 12.1 Å². The van der Waals surface area contributed by atoms with E-state index in [-0.39, 0.29) is 5.41 Å². The summed E-state index contributed by atoms with van der Waals surface area (Å²) < 4.78 is 0. The number of anilines is 2. The fraction of sp³-hybridized carbons (Fsp3) is 0.188. The van der Waals surface area contributed by atoms with Gasteiger partial charge in [-0.05, 0) is 23.3 Å². The van der Waals surface area contributed by atoms with Crippen molar-refractivity contribution in [2.75, 3.05) is 4.90 Å². The molecule has 0 saturated heterocycles. The lowest BCUT2D eigenvalue weighted by atomic mass is 9.74. The van der Waals surface area contributed by atoms with Crippen molar-refractivity contribution in [1.82, 2.24) is 0 Å². The molecule has 1 heteroatoms. The highest BCUT2D eigenvalue weighted by Crippen LogP contribution is 2.47. The van der Waals surface area contributed by atoms with E-state index in [2.05, 4.69) is 50.2 Å². The van der Waals surface area contributed by atoms with Crippen LogP contribution in [0.25, 0.3) is 0 Å². The molecule has 2 radical (unpaired) electrons. The standard InChI is InChI=1S/C16H15N/c1-16(2)12-8-4-6-10-14(12)17(3)15-11-7-5-9-13(15)16/h3-11H,1-2H3. The van der Waals surface area contributed by atoms with Crippen LogP contribution in [0.4, 0.5) is 11.4 Å². The summed E-state index contributed by atoms with van der Waals surface area (Å²) in [6.45, 7) is 4.50. The number of benzene rings is 2. The van der Waals surface area contributed by atoms with Gasteiger partial charge in [-0.3, -0.25) is 0 Å². The van der Waals surface area contributed by atoms with Gasteiger partial charge in [0.25, 0.3) is 0 Å². The lowest BCUT2D eigenvalue weighted by molar-refractivity contribution is 0.631. The highest BCUT2D eigenvalue weighted by molar-refractivity contribution is 5.77. The van der Waals surface area contributed by atoms with Gasteiger partial charge < -0.3 is 4.90 Å². The first kappa shape index (κ1) is 10.4. The number of para-hydroxylation sites is 2. The van der Waals surface area contributed by atoms with Crippen LogP contribution in [0.15, 0.2) is 48.5 Å². The van der Waals surface area contributed by atoms with Gasteiger partial charge in [-0.15, -0.1) is 0 Å². The molecular weight excluding hydrogens is 206 g/mol. The highest BCUT2D eigenvalue weighted by atomic mass is 15.1. The van der Waals surface area contributed by atoms with E-state index in [1.54, 1.807) is 4.90 Å². The number of hydrogen-bond acceptors (Lipinski definition) is 1. The number of fused-ring (bicyclic) bond motifs is 2. The predicted octanol–water partition coefficient (Wildman–Crippen LogP) is 4.13. The highest BCUT2D eigenvalue weighted by Gasteiger charge is 2.34. The lowest BCUT2D eigenvalue weighted by Gasteiger charge is -2.39. The molecule has 0 spiro atoms. The smallest absolute Gasteiger partial charge is 0.0799 e. The van der Waals surface area contributed by atoms with E-state index in [1.165, 1.54) is 11.1 Å². The molecule has 0 unspecified atom stereocenters. The quantitative estimate of drug-likeness (QED) is 0.646. The summed E-state index contributed by atoms with van der Waals surface area (Å²) >= 11 is 0. The molecule has 0 aliphatic carbocycles. The Bertz CT molecular complexity index is 520. The van der Waals surface area contributed by atoms with E-state index in [9.17, 15) is 0 Å². The van der Waals surface area contributed by atoms with E-state index < -0.39 is 0 Å². The minimum atomic E-state index is 0.00303. The Balaban J connectivity index is 2.34. The van der Waals surface area contributed by atoms with Crippen LogP contribution in [0.1, 0.15) is 25.0 Å². The molecule has 1 nitrogen and oxygen atoms in total. The van der Waals surface area contributed by atoms with Gasteiger partial charge in [-0.2, -0.15) is 0 Å². The molecule has 2 aromatic carbocycles. The Labute approximate surface area is 103 Å². The van der Waals surface area contributed by atoms with Crippen molar-refractivity contribution in [3.63, 3.8) is 0 Å². The number of rotatable bonds is 0. The molecule has 0 fully saturated rings. The normalized spacial score (nSPS) is 16.3. The summed E-state index contributed by atoms with van der Waals surface area (Å²) in [5.74, 6) is 0. The zero-order chi connectivity index (χ0) is 12.0. The summed E-state index contributed by atoms with van der Waals surface area (Å²) in [5.41, 5.74) is 4.75. The zero-order valence-corrected chi connectivity index (χ0v) is 10.1. The molecule has 17 heavy (non-hydrogen) atoms. The third kappa shape index (κ3) is 1.32. The largest absolute Gasteiger partial charge is 0.333 e. The molecule has 0 N–H and O–H groups in total. The summed E-state index contributed by atoms with van der Waals surface area (Å²) in [4.78, 5) is 1.79. The monoisotopic (exact) mass is 221 g/mol. The van der Waals surface area contributed by atoms with Gasteiger partial charge in [0.2, 0.25) is 0 Å². The molecule has 84 valence electrons. The maximum Gasteiger partial charge on any atom is 0.0799 e. The molecule has 0 atom stereocenters. The first-order chi connectivity index (χ1) is 8.12. The average molecular weight is 221 g/mol. The first-order valence-electron chi connectivity index (χ1n) is 5.86. The van der Waals surface area contributed by atoms with Crippen molar-refractivity contribution < 1.29 is 0 Å². The second-order valence-electron chi connectivity index (χ2n) is 5.03. The van der Waals surface area contributed by atoms with Crippen LogP contribution in [0.3, 0.4) is 0 Å². The van der Waals surface area contributed by atoms with E-state index >= 15 is 0 Å². The van der Waals surface area contributed by atoms with Gasteiger partial charge >= 0.3 is 0 Å². The number of nitrogens with zero attached hydrogens (tertiary/aromatic N) is 1. The van der Waals surface area contributed by atoms with E-state index in [4.69, 9.17) is 7.05 Å². The van der Waals surface area contributed by atoms with Crippen LogP contribution >= 0.6 is 0 Å². The van der Waals surface area contributed by atoms with E-state index in [0.717, 1.165) is 11.4 Å². The Morgan fingerprint density at radius 3 is 1.71 bits per heavy atom. The second kappa shape index (κ2) is 3.36. The Morgan fingerprint density at radius 1 is 0.824 bits per heavy atom. The maximum absolute atomic E-state index is 6.21. The van der Waals surface area contributed by atoms with Crippen molar-refractivity contribution in [2.45, 2.75) is 19.3 Å². The van der Waals surface area contributed by atoms with Crippen LogP contribution in [0, 0.1) is 7.05 Å². The summed E-state index contributed by atoms with van der Waals surface area (Å²) in [5, 5.41) is 0. The average Bonchev–Trinajstić information content (AvgIpc) is 2.37. The molecule has 1 aliphatic heterocycles. The summed E-state index contributed by atoms with van der Waals surface area (Å²) in [6.07, 6.45) is 0. The third-order valence-corrected chi connectivity index (χ3v) is 3.67. The molecule has 2 aromatic rings. The van der Waals surface area contributed by atoms with Crippen LogP contribution in [0.5, 0.6) is 0 Å². The van der Waals surface area contributed by atoms with Crippen LogP contribution < -0.4 is 4.90 Å². The Kier molecular flexibility index (Phi) is 2.06.